The van der Waals surface area contributed by atoms with Gasteiger partial charge in [-0.05, 0) is 50.0 Å². The van der Waals surface area contributed by atoms with Crippen molar-refractivity contribution in [3.8, 4) is 0 Å². The zero-order chi connectivity index (χ0) is 12.8. The summed E-state index contributed by atoms with van der Waals surface area (Å²) in [5.74, 6) is 0.335. The quantitative estimate of drug-likeness (QED) is 0.857. The summed E-state index contributed by atoms with van der Waals surface area (Å²) in [6.45, 7) is 4.08. The first kappa shape index (κ1) is 13.1. The molecule has 1 aromatic carbocycles. The van der Waals surface area contributed by atoms with Crippen LogP contribution in [0.4, 0.5) is 5.69 Å². The fourth-order valence-electron chi connectivity index (χ4n) is 2.37. The Hall–Kier alpha value is -1.35. The van der Waals surface area contributed by atoms with Crippen molar-refractivity contribution in [1.82, 2.24) is 5.32 Å². The average molecular weight is 246 g/mol. The maximum absolute atomic E-state index is 12.0. The van der Waals surface area contributed by atoms with Crippen molar-refractivity contribution in [1.29, 1.82) is 0 Å². The summed E-state index contributed by atoms with van der Waals surface area (Å²) >= 11 is 0. The number of piperidine rings is 1. The summed E-state index contributed by atoms with van der Waals surface area (Å²) in [6.07, 6.45) is 4.14. The second-order valence-electron chi connectivity index (χ2n) is 4.96. The molecule has 1 amide bonds. The van der Waals surface area contributed by atoms with Gasteiger partial charge in [-0.1, -0.05) is 25.5 Å². The van der Waals surface area contributed by atoms with Crippen molar-refractivity contribution in [2.24, 2.45) is 5.92 Å². The van der Waals surface area contributed by atoms with Gasteiger partial charge in [0.25, 0.3) is 0 Å². The van der Waals surface area contributed by atoms with Gasteiger partial charge in [0.05, 0.1) is 0 Å². The van der Waals surface area contributed by atoms with Gasteiger partial charge < -0.3 is 10.6 Å². The van der Waals surface area contributed by atoms with Gasteiger partial charge in [0.1, 0.15) is 0 Å². The number of rotatable bonds is 4. The topological polar surface area (TPSA) is 41.1 Å². The molecule has 0 unspecified atom stereocenters. The van der Waals surface area contributed by atoms with E-state index < -0.39 is 0 Å². The third kappa shape index (κ3) is 3.57. The minimum Gasteiger partial charge on any atom is -0.326 e. The fourth-order valence-corrected chi connectivity index (χ4v) is 2.37. The Bertz CT molecular complexity index is 380. The number of amides is 1. The molecule has 3 heteroatoms. The fraction of sp³-hybridized carbons (Fsp3) is 0.533. The molecule has 18 heavy (non-hydrogen) atoms. The van der Waals surface area contributed by atoms with Crippen LogP contribution in [-0.2, 0) is 11.2 Å². The molecule has 0 bridgehead atoms. The predicted octanol–water partition coefficient (Wildman–Crippen LogP) is 2.58. The highest BCUT2D eigenvalue weighted by molar-refractivity contribution is 5.92. The zero-order valence-corrected chi connectivity index (χ0v) is 11.0. The van der Waals surface area contributed by atoms with Crippen molar-refractivity contribution in [3.05, 3.63) is 29.8 Å². The van der Waals surface area contributed by atoms with Crippen LogP contribution in [0.2, 0.25) is 0 Å². The van der Waals surface area contributed by atoms with Crippen molar-refractivity contribution >= 4 is 11.6 Å². The van der Waals surface area contributed by atoms with E-state index in [2.05, 4.69) is 29.7 Å². The van der Waals surface area contributed by atoms with Crippen molar-refractivity contribution < 1.29 is 4.79 Å². The highest BCUT2D eigenvalue weighted by Gasteiger charge is 2.20. The lowest BCUT2D eigenvalue weighted by Gasteiger charge is -2.21. The number of aryl methyl sites for hydroxylation is 1. The van der Waals surface area contributed by atoms with E-state index in [4.69, 9.17) is 0 Å². The molecule has 3 nitrogen and oxygen atoms in total. The van der Waals surface area contributed by atoms with E-state index in [1.54, 1.807) is 0 Å². The standard InChI is InChI=1S/C15H22N2O/c1-2-3-12-4-6-14(7-5-12)17-15(18)13-8-10-16-11-9-13/h4-7,13,16H,2-3,8-11H2,1H3,(H,17,18). The monoisotopic (exact) mass is 246 g/mol. The van der Waals surface area contributed by atoms with E-state index in [0.717, 1.165) is 44.5 Å². The van der Waals surface area contributed by atoms with E-state index in [9.17, 15) is 4.79 Å². The first-order valence-electron chi connectivity index (χ1n) is 6.90. The molecule has 98 valence electrons. The highest BCUT2D eigenvalue weighted by Crippen LogP contribution is 2.16. The van der Waals surface area contributed by atoms with Gasteiger partial charge in [-0.15, -0.1) is 0 Å². The number of nitrogens with one attached hydrogen (secondary N) is 2. The van der Waals surface area contributed by atoms with E-state index in [1.165, 1.54) is 5.56 Å². The molecule has 2 rings (SSSR count). The molecule has 0 aliphatic carbocycles. The smallest absolute Gasteiger partial charge is 0.227 e. The van der Waals surface area contributed by atoms with Crippen molar-refractivity contribution in [2.45, 2.75) is 32.6 Å². The Kier molecular flexibility index (Phi) is 4.76. The summed E-state index contributed by atoms with van der Waals surface area (Å²) in [7, 11) is 0. The lowest BCUT2D eigenvalue weighted by molar-refractivity contribution is -0.120. The summed E-state index contributed by atoms with van der Waals surface area (Å²) in [4.78, 5) is 12.0. The molecule has 1 heterocycles. The minimum atomic E-state index is 0.166. The summed E-state index contributed by atoms with van der Waals surface area (Å²) in [5, 5.41) is 6.29. The van der Waals surface area contributed by atoms with Crippen LogP contribution >= 0.6 is 0 Å². The Morgan fingerprint density at radius 2 is 1.94 bits per heavy atom. The number of hydrogen-bond acceptors (Lipinski definition) is 2. The molecule has 1 aliphatic heterocycles. The number of carbonyl (C=O) groups excluding carboxylic acids is 1. The maximum Gasteiger partial charge on any atom is 0.227 e. The van der Waals surface area contributed by atoms with Crippen molar-refractivity contribution in [2.75, 3.05) is 18.4 Å². The molecule has 1 aliphatic rings. The second-order valence-corrected chi connectivity index (χ2v) is 4.96. The Morgan fingerprint density at radius 3 is 2.56 bits per heavy atom. The second kappa shape index (κ2) is 6.55. The average Bonchev–Trinajstić information content (AvgIpc) is 2.42. The summed E-state index contributed by atoms with van der Waals surface area (Å²) in [6, 6.07) is 8.21. The molecular weight excluding hydrogens is 224 g/mol. The van der Waals surface area contributed by atoms with Gasteiger partial charge in [-0.3, -0.25) is 4.79 Å². The lowest BCUT2D eigenvalue weighted by Crippen LogP contribution is -2.34. The van der Waals surface area contributed by atoms with Gasteiger partial charge in [0.2, 0.25) is 5.91 Å². The molecule has 0 atom stereocenters. The summed E-state index contributed by atoms with van der Waals surface area (Å²) < 4.78 is 0. The molecule has 1 aromatic rings. The molecule has 1 saturated heterocycles. The molecule has 2 N–H and O–H groups in total. The number of benzene rings is 1. The van der Waals surface area contributed by atoms with Crippen LogP contribution < -0.4 is 10.6 Å². The SMILES string of the molecule is CCCc1ccc(NC(=O)C2CCNCC2)cc1. The van der Waals surface area contributed by atoms with Gasteiger partial charge in [-0.25, -0.2) is 0 Å². The first-order valence-corrected chi connectivity index (χ1v) is 6.90. The third-order valence-corrected chi connectivity index (χ3v) is 3.47. The number of carbonyl (C=O) groups is 1. The largest absolute Gasteiger partial charge is 0.326 e. The van der Waals surface area contributed by atoms with Crippen LogP contribution in [0.15, 0.2) is 24.3 Å². The minimum absolute atomic E-state index is 0.166. The van der Waals surface area contributed by atoms with E-state index in [-0.39, 0.29) is 11.8 Å². The van der Waals surface area contributed by atoms with Gasteiger partial charge in [0.15, 0.2) is 0 Å². The van der Waals surface area contributed by atoms with Crippen molar-refractivity contribution in [3.63, 3.8) is 0 Å². The molecule has 0 aromatic heterocycles. The highest BCUT2D eigenvalue weighted by atomic mass is 16.1. The first-order chi connectivity index (χ1) is 8.79. The third-order valence-electron chi connectivity index (χ3n) is 3.47. The lowest BCUT2D eigenvalue weighted by atomic mass is 9.97. The molecule has 0 radical (unpaired) electrons. The number of anilines is 1. The van der Waals surface area contributed by atoms with Gasteiger partial charge in [-0.2, -0.15) is 0 Å². The molecule has 0 saturated carbocycles. The van der Waals surface area contributed by atoms with Gasteiger partial charge in [0, 0.05) is 11.6 Å². The predicted molar refractivity (Wildman–Crippen MR) is 74.7 cm³/mol. The normalized spacial score (nSPS) is 16.5. The summed E-state index contributed by atoms with van der Waals surface area (Å²) in [5.41, 5.74) is 2.25. The van der Waals surface area contributed by atoms with Crippen LogP contribution in [0.25, 0.3) is 0 Å². The Balaban J connectivity index is 1.89. The molecular formula is C15H22N2O. The van der Waals surface area contributed by atoms with E-state index in [0.29, 0.717) is 0 Å². The molecule has 1 fully saturated rings. The maximum atomic E-state index is 12.0. The Labute approximate surface area is 109 Å². The van der Waals surface area contributed by atoms with E-state index in [1.807, 2.05) is 12.1 Å². The Morgan fingerprint density at radius 1 is 1.28 bits per heavy atom. The van der Waals surface area contributed by atoms with Crippen LogP contribution in [0.5, 0.6) is 0 Å². The van der Waals surface area contributed by atoms with Gasteiger partial charge >= 0.3 is 0 Å². The zero-order valence-electron chi connectivity index (χ0n) is 11.0. The van der Waals surface area contributed by atoms with Crippen LogP contribution in [0.3, 0.4) is 0 Å². The van der Waals surface area contributed by atoms with E-state index >= 15 is 0 Å². The number of hydrogen-bond donors (Lipinski definition) is 2. The van der Waals surface area contributed by atoms with Crippen LogP contribution in [0, 0.1) is 5.92 Å². The van der Waals surface area contributed by atoms with Crippen LogP contribution in [0.1, 0.15) is 31.7 Å². The van der Waals surface area contributed by atoms with Crippen LogP contribution in [-0.4, -0.2) is 19.0 Å². The molecule has 0 spiro atoms.